The van der Waals surface area contributed by atoms with Crippen molar-refractivity contribution >= 4 is 19.8 Å². The summed E-state index contributed by atoms with van der Waals surface area (Å²) in [5.74, 6) is -0.919. The van der Waals surface area contributed by atoms with E-state index in [1.165, 1.54) is 173 Å². The fourth-order valence-corrected chi connectivity index (χ4v) is 8.52. The Labute approximate surface area is 393 Å². The molecule has 0 heterocycles. The number of phosphoric acid groups is 1. The zero-order valence-corrected chi connectivity index (χ0v) is 42.4. The van der Waals surface area contributed by atoms with Gasteiger partial charge in [-0.15, -0.1) is 0 Å². The molecule has 0 aromatic heterocycles. The minimum absolute atomic E-state index is 0.178. The average Bonchev–Trinajstić information content (AvgIpc) is 3.28. The zero-order valence-electron chi connectivity index (χ0n) is 41.5. The van der Waals surface area contributed by atoms with E-state index in [9.17, 15) is 24.2 Å². The molecule has 0 aliphatic carbocycles. The van der Waals surface area contributed by atoms with Crippen LogP contribution in [0.1, 0.15) is 264 Å². The molecule has 0 saturated heterocycles. The topological polar surface area (TPSA) is 149 Å². The highest BCUT2D eigenvalue weighted by molar-refractivity contribution is 7.47. The van der Waals surface area contributed by atoms with Gasteiger partial charge >= 0.3 is 19.8 Å². The highest BCUT2D eigenvalue weighted by Gasteiger charge is 2.27. The van der Waals surface area contributed by atoms with Crippen LogP contribution in [0.25, 0.3) is 0 Å². The second-order valence-electron chi connectivity index (χ2n) is 18.3. The third-order valence-corrected chi connectivity index (χ3v) is 12.8. The number of aliphatic hydroxyl groups is 2. The standard InChI is InChI=1S/C53H101O10P/c1-3-5-7-9-11-13-15-17-19-21-22-23-24-25-26-27-29-30-32-34-36-38-40-42-44-52(56)60-48-51(49-62-64(58,59)61-47-50(55)46-54)63-53(57)45-43-41-39-37-35-33-31-28-20-18-16-14-12-10-8-6-4-2/h12,14,18,20,50-51,54-55H,3-11,13,15-17,19,21-49H2,1-2H3,(H,58,59)/b14-12-,20-18-. The molecule has 11 heteroatoms. The Morgan fingerprint density at radius 2 is 0.812 bits per heavy atom. The maximum absolute atomic E-state index is 12.7. The molecular weight excluding hydrogens is 828 g/mol. The molecular formula is C53H101O10P. The number of phosphoric ester groups is 1. The first kappa shape index (κ1) is 62.4. The smallest absolute Gasteiger partial charge is 0.462 e. The summed E-state index contributed by atoms with van der Waals surface area (Å²) < 4.78 is 32.9. The van der Waals surface area contributed by atoms with Crippen LogP contribution in [0.4, 0.5) is 0 Å². The van der Waals surface area contributed by atoms with Gasteiger partial charge in [0.1, 0.15) is 12.7 Å². The van der Waals surface area contributed by atoms with Crippen molar-refractivity contribution < 1.29 is 47.8 Å². The van der Waals surface area contributed by atoms with Crippen LogP contribution in [0.5, 0.6) is 0 Å². The molecule has 0 aliphatic heterocycles. The molecule has 0 bridgehead atoms. The van der Waals surface area contributed by atoms with Crippen molar-refractivity contribution in [1.82, 2.24) is 0 Å². The van der Waals surface area contributed by atoms with Crippen LogP contribution < -0.4 is 0 Å². The summed E-state index contributed by atoms with van der Waals surface area (Å²) in [7, 11) is -4.62. The molecule has 3 N–H and O–H groups in total. The van der Waals surface area contributed by atoms with Crippen LogP contribution in [0, 0.1) is 0 Å². The lowest BCUT2D eigenvalue weighted by Gasteiger charge is -2.20. The predicted octanol–water partition coefficient (Wildman–Crippen LogP) is 15.3. The normalized spacial score (nSPS) is 13.8. The molecule has 0 spiro atoms. The van der Waals surface area contributed by atoms with Crippen molar-refractivity contribution in [3.8, 4) is 0 Å². The van der Waals surface area contributed by atoms with E-state index in [2.05, 4.69) is 38.2 Å². The minimum Gasteiger partial charge on any atom is -0.462 e. The Bertz CT molecular complexity index is 1110. The Balaban J connectivity index is 4.09. The molecule has 0 saturated carbocycles. The van der Waals surface area contributed by atoms with Gasteiger partial charge in [-0.05, 0) is 44.9 Å². The van der Waals surface area contributed by atoms with Crippen LogP contribution in [0.3, 0.4) is 0 Å². The van der Waals surface area contributed by atoms with Crippen molar-refractivity contribution in [3.05, 3.63) is 24.3 Å². The number of allylic oxidation sites excluding steroid dienone is 4. The number of esters is 2. The van der Waals surface area contributed by atoms with Crippen molar-refractivity contribution in [3.63, 3.8) is 0 Å². The van der Waals surface area contributed by atoms with E-state index in [1.807, 2.05) is 0 Å². The highest BCUT2D eigenvalue weighted by Crippen LogP contribution is 2.43. The van der Waals surface area contributed by atoms with Crippen LogP contribution in [-0.2, 0) is 32.7 Å². The largest absolute Gasteiger partial charge is 0.472 e. The van der Waals surface area contributed by atoms with Gasteiger partial charge in [0.05, 0.1) is 19.8 Å². The summed E-state index contributed by atoms with van der Waals surface area (Å²) in [6.07, 6.45) is 52.9. The van der Waals surface area contributed by atoms with Gasteiger partial charge in [0, 0.05) is 12.8 Å². The number of carbonyl (C=O) groups is 2. The zero-order chi connectivity index (χ0) is 46.9. The van der Waals surface area contributed by atoms with Gasteiger partial charge in [0.25, 0.3) is 0 Å². The number of hydrogen-bond donors (Lipinski definition) is 3. The van der Waals surface area contributed by atoms with Crippen LogP contribution in [0.15, 0.2) is 24.3 Å². The summed E-state index contributed by atoms with van der Waals surface area (Å²) in [4.78, 5) is 35.2. The van der Waals surface area contributed by atoms with Crippen LogP contribution in [0.2, 0.25) is 0 Å². The maximum atomic E-state index is 12.7. The lowest BCUT2D eigenvalue weighted by atomic mass is 10.0. The number of rotatable bonds is 51. The molecule has 0 aromatic carbocycles. The molecule has 0 fully saturated rings. The Morgan fingerprint density at radius 1 is 0.469 bits per heavy atom. The molecule has 0 aliphatic rings. The maximum Gasteiger partial charge on any atom is 0.472 e. The monoisotopic (exact) mass is 929 g/mol. The van der Waals surface area contributed by atoms with Crippen molar-refractivity contribution in [2.75, 3.05) is 26.4 Å². The summed E-state index contributed by atoms with van der Waals surface area (Å²) in [5.41, 5.74) is 0. The molecule has 378 valence electrons. The summed E-state index contributed by atoms with van der Waals surface area (Å²) in [6.45, 7) is 2.40. The van der Waals surface area contributed by atoms with Crippen molar-refractivity contribution in [2.45, 2.75) is 276 Å². The van der Waals surface area contributed by atoms with Gasteiger partial charge in [-0.25, -0.2) is 4.57 Å². The van der Waals surface area contributed by atoms with E-state index < -0.39 is 51.8 Å². The summed E-state index contributed by atoms with van der Waals surface area (Å²) in [6, 6.07) is 0. The van der Waals surface area contributed by atoms with E-state index in [4.69, 9.17) is 23.6 Å². The highest BCUT2D eigenvalue weighted by atomic mass is 31.2. The lowest BCUT2D eigenvalue weighted by molar-refractivity contribution is -0.161. The molecule has 0 rings (SSSR count). The molecule has 64 heavy (non-hydrogen) atoms. The van der Waals surface area contributed by atoms with Gasteiger partial charge < -0.3 is 24.6 Å². The second kappa shape index (κ2) is 49.4. The van der Waals surface area contributed by atoms with Crippen LogP contribution in [-0.4, -0.2) is 65.7 Å². The molecule has 10 nitrogen and oxygen atoms in total. The molecule has 0 aromatic rings. The first-order valence-electron chi connectivity index (χ1n) is 26.8. The fraction of sp³-hybridized carbons (Fsp3) is 0.887. The Morgan fingerprint density at radius 3 is 1.23 bits per heavy atom. The Kier molecular flexibility index (Phi) is 48.2. The van der Waals surface area contributed by atoms with E-state index in [-0.39, 0.29) is 19.4 Å². The number of unbranched alkanes of at least 4 members (excludes halogenated alkanes) is 33. The van der Waals surface area contributed by atoms with Gasteiger partial charge in [-0.2, -0.15) is 0 Å². The quantitative estimate of drug-likeness (QED) is 0.0233. The number of aliphatic hydroxyl groups excluding tert-OH is 2. The molecule has 0 amide bonds. The van der Waals surface area contributed by atoms with Gasteiger partial charge in [-0.1, -0.05) is 231 Å². The lowest BCUT2D eigenvalue weighted by Crippen LogP contribution is -2.29. The molecule has 3 unspecified atom stereocenters. The summed E-state index contributed by atoms with van der Waals surface area (Å²) >= 11 is 0. The van der Waals surface area contributed by atoms with E-state index >= 15 is 0 Å². The second-order valence-corrected chi connectivity index (χ2v) is 19.7. The van der Waals surface area contributed by atoms with Gasteiger partial charge in [0.2, 0.25) is 0 Å². The SMILES string of the molecule is CCCCC/C=C\C/C=C\CCCCCCCCCC(=O)OC(COC(=O)CCCCCCCCCCCCCCCCCCCCCCCCCC)COP(=O)(O)OCC(O)CO. The van der Waals surface area contributed by atoms with Gasteiger partial charge in [-0.3, -0.25) is 18.6 Å². The number of carbonyl (C=O) groups excluding carboxylic acids is 2. The van der Waals surface area contributed by atoms with Crippen molar-refractivity contribution in [2.24, 2.45) is 0 Å². The predicted molar refractivity (Wildman–Crippen MR) is 265 cm³/mol. The van der Waals surface area contributed by atoms with Crippen molar-refractivity contribution in [1.29, 1.82) is 0 Å². The first-order valence-corrected chi connectivity index (χ1v) is 28.3. The van der Waals surface area contributed by atoms with E-state index in [0.29, 0.717) is 12.8 Å². The van der Waals surface area contributed by atoms with E-state index in [1.54, 1.807) is 0 Å². The Hall–Kier alpha value is -1.55. The summed E-state index contributed by atoms with van der Waals surface area (Å²) in [5, 5.41) is 18.4. The fourth-order valence-electron chi connectivity index (χ4n) is 7.73. The number of ether oxygens (including phenoxy) is 2. The third-order valence-electron chi connectivity index (χ3n) is 11.9. The molecule has 3 atom stereocenters. The number of hydrogen-bond acceptors (Lipinski definition) is 9. The average molecular weight is 929 g/mol. The molecule has 0 radical (unpaired) electrons. The first-order chi connectivity index (χ1) is 31.2. The van der Waals surface area contributed by atoms with Crippen LogP contribution >= 0.6 is 7.82 Å². The van der Waals surface area contributed by atoms with Gasteiger partial charge in [0.15, 0.2) is 6.10 Å². The minimum atomic E-state index is -4.62. The third kappa shape index (κ3) is 48.4. The van der Waals surface area contributed by atoms with E-state index in [0.717, 1.165) is 51.4 Å².